The lowest BCUT2D eigenvalue weighted by atomic mass is 9.94. The molecular weight excluding hydrogens is 192 g/mol. The molecule has 0 aromatic carbocycles. The Morgan fingerprint density at radius 1 is 1.60 bits per heavy atom. The molecule has 4 nitrogen and oxygen atoms in total. The first-order valence-electron chi connectivity index (χ1n) is 4.92. The van der Waals surface area contributed by atoms with Crippen LogP contribution in [0.15, 0.2) is 12.3 Å². The summed E-state index contributed by atoms with van der Waals surface area (Å²) in [4.78, 5) is 15.4. The average molecular weight is 206 g/mol. The van der Waals surface area contributed by atoms with E-state index >= 15 is 0 Å². The van der Waals surface area contributed by atoms with Crippen molar-refractivity contribution in [3.05, 3.63) is 23.4 Å². The summed E-state index contributed by atoms with van der Waals surface area (Å²) in [5.74, 6) is -0.142. The molecule has 1 aliphatic rings. The number of rotatable bonds is 3. The van der Waals surface area contributed by atoms with Crippen molar-refractivity contribution in [2.45, 2.75) is 25.2 Å². The zero-order valence-corrected chi connectivity index (χ0v) is 8.91. The Morgan fingerprint density at radius 2 is 2.27 bits per heavy atom. The molecule has 0 unspecified atom stereocenters. The summed E-state index contributed by atoms with van der Waals surface area (Å²) < 4.78 is 5.06. The molecule has 15 heavy (non-hydrogen) atoms. The Balaban J connectivity index is 2.58. The predicted octanol–water partition coefficient (Wildman–Crippen LogP) is 1.24. The summed E-state index contributed by atoms with van der Waals surface area (Å²) in [7, 11) is 1.49. The van der Waals surface area contributed by atoms with E-state index in [2.05, 4.69) is 11.9 Å². The molecule has 1 amide bonds. The van der Waals surface area contributed by atoms with E-state index in [1.54, 1.807) is 6.20 Å². The van der Waals surface area contributed by atoms with Gasteiger partial charge in [0.1, 0.15) is 5.56 Å². The third kappa shape index (κ3) is 1.56. The molecule has 0 saturated heterocycles. The van der Waals surface area contributed by atoms with Gasteiger partial charge in [-0.05, 0) is 29.9 Å². The average Bonchev–Trinajstić information content (AvgIpc) is 2.96. The lowest BCUT2D eigenvalue weighted by Crippen LogP contribution is -2.19. The number of ether oxygens (including phenoxy) is 1. The number of aromatic nitrogens is 1. The lowest BCUT2D eigenvalue weighted by molar-refractivity contribution is 0.0995. The predicted molar refractivity (Wildman–Crippen MR) is 55.9 cm³/mol. The van der Waals surface area contributed by atoms with Crippen LogP contribution in [-0.4, -0.2) is 18.0 Å². The molecular formula is C11H14N2O2. The fraction of sp³-hybridized carbons (Fsp3) is 0.455. The minimum Gasteiger partial charge on any atom is -0.480 e. The first-order chi connectivity index (χ1) is 7.08. The van der Waals surface area contributed by atoms with Crippen molar-refractivity contribution in [3.63, 3.8) is 0 Å². The zero-order chi connectivity index (χ0) is 11.1. The van der Waals surface area contributed by atoms with Crippen molar-refractivity contribution in [2.75, 3.05) is 7.11 Å². The van der Waals surface area contributed by atoms with Crippen molar-refractivity contribution in [1.29, 1.82) is 0 Å². The second-order valence-corrected chi connectivity index (χ2v) is 4.17. The molecule has 0 aliphatic heterocycles. The number of nitrogens with zero attached hydrogens (tertiary/aromatic N) is 1. The second kappa shape index (κ2) is 3.22. The van der Waals surface area contributed by atoms with Gasteiger partial charge in [0, 0.05) is 6.20 Å². The maximum absolute atomic E-state index is 11.4. The van der Waals surface area contributed by atoms with Crippen molar-refractivity contribution >= 4 is 5.91 Å². The van der Waals surface area contributed by atoms with E-state index in [0.717, 1.165) is 18.4 Å². The van der Waals surface area contributed by atoms with Crippen molar-refractivity contribution in [1.82, 2.24) is 4.98 Å². The Kier molecular flexibility index (Phi) is 2.14. The third-order valence-corrected chi connectivity index (χ3v) is 3.01. The molecule has 1 saturated carbocycles. The smallest absolute Gasteiger partial charge is 0.254 e. The molecule has 2 N–H and O–H groups in total. The van der Waals surface area contributed by atoms with E-state index in [4.69, 9.17) is 10.5 Å². The van der Waals surface area contributed by atoms with Crippen LogP contribution in [0.4, 0.5) is 0 Å². The van der Waals surface area contributed by atoms with Gasteiger partial charge in [0.2, 0.25) is 5.88 Å². The molecule has 80 valence electrons. The topological polar surface area (TPSA) is 65.2 Å². The quantitative estimate of drug-likeness (QED) is 0.809. The number of nitrogens with two attached hydrogens (primary N) is 1. The molecule has 1 heterocycles. The highest BCUT2D eigenvalue weighted by molar-refractivity contribution is 5.97. The standard InChI is InChI=1S/C11H14N2O2/c1-11(4-5-11)7-3-6-13-10(15-2)8(7)9(12)14/h3,6H,4-5H2,1-2H3,(H2,12,14). The highest BCUT2D eigenvalue weighted by Gasteiger charge is 2.42. The zero-order valence-electron chi connectivity index (χ0n) is 8.91. The van der Waals surface area contributed by atoms with E-state index in [0.29, 0.717) is 11.4 Å². The lowest BCUT2D eigenvalue weighted by Gasteiger charge is -2.14. The Morgan fingerprint density at radius 3 is 2.73 bits per heavy atom. The molecule has 2 rings (SSSR count). The van der Waals surface area contributed by atoms with Crippen LogP contribution in [0.3, 0.4) is 0 Å². The van der Waals surface area contributed by atoms with Gasteiger partial charge in [0.05, 0.1) is 7.11 Å². The van der Waals surface area contributed by atoms with Crippen LogP contribution in [0.1, 0.15) is 35.7 Å². The van der Waals surface area contributed by atoms with Crippen molar-refractivity contribution < 1.29 is 9.53 Å². The van der Waals surface area contributed by atoms with Crippen LogP contribution >= 0.6 is 0 Å². The minimum absolute atomic E-state index is 0.0839. The number of carbonyl (C=O) groups excluding carboxylic acids is 1. The molecule has 1 aromatic rings. The maximum Gasteiger partial charge on any atom is 0.254 e. The minimum atomic E-state index is -0.469. The van der Waals surface area contributed by atoms with Crippen molar-refractivity contribution in [3.8, 4) is 5.88 Å². The van der Waals surface area contributed by atoms with Gasteiger partial charge in [-0.2, -0.15) is 0 Å². The van der Waals surface area contributed by atoms with Gasteiger partial charge in [0.15, 0.2) is 0 Å². The van der Waals surface area contributed by atoms with Crippen LogP contribution < -0.4 is 10.5 Å². The van der Waals surface area contributed by atoms with E-state index < -0.39 is 5.91 Å². The summed E-state index contributed by atoms with van der Waals surface area (Å²) in [6.07, 6.45) is 3.82. The highest BCUT2D eigenvalue weighted by atomic mass is 16.5. The van der Waals surface area contributed by atoms with Crippen molar-refractivity contribution in [2.24, 2.45) is 5.73 Å². The molecule has 1 fully saturated rings. The first kappa shape index (κ1) is 9.96. The van der Waals surface area contributed by atoms with Crippen LogP contribution in [0.25, 0.3) is 0 Å². The number of amides is 1. The third-order valence-electron chi connectivity index (χ3n) is 3.01. The number of carbonyl (C=O) groups is 1. The molecule has 0 spiro atoms. The van der Waals surface area contributed by atoms with E-state index in [1.165, 1.54) is 7.11 Å². The number of methoxy groups -OCH3 is 1. The molecule has 4 heteroatoms. The summed E-state index contributed by atoms with van der Waals surface area (Å²) in [6, 6.07) is 1.86. The van der Waals surface area contributed by atoms with Crippen LogP contribution in [0, 0.1) is 0 Å². The second-order valence-electron chi connectivity index (χ2n) is 4.17. The van der Waals surface area contributed by atoms with E-state index in [-0.39, 0.29) is 5.41 Å². The van der Waals surface area contributed by atoms with Gasteiger partial charge < -0.3 is 10.5 Å². The highest BCUT2D eigenvalue weighted by Crippen LogP contribution is 2.49. The van der Waals surface area contributed by atoms with Crippen LogP contribution in [0.2, 0.25) is 0 Å². The number of hydrogen-bond acceptors (Lipinski definition) is 3. The fourth-order valence-electron chi connectivity index (χ4n) is 1.80. The SMILES string of the molecule is COc1nccc(C2(C)CC2)c1C(N)=O. The summed E-state index contributed by atoms with van der Waals surface area (Å²) >= 11 is 0. The van der Waals surface area contributed by atoms with Gasteiger partial charge in [-0.15, -0.1) is 0 Å². The Bertz CT molecular complexity index is 411. The molecule has 0 radical (unpaired) electrons. The summed E-state index contributed by atoms with van der Waals surface area (Å²) in [5, 5.41) is 0. The van der Waals surface area contributed by atoms with Gasteiger partial charge >= 0.3 is 0 Å². The van der Waals surface area contributed by atoms with Gasteiger partial charge in [0.25, 0.3) is 5.91 Å². The monoisotopic (exact) mass is 206 g/mol. The van der Waals surface area contributed by atoms with E-state index in [1.807, 2.05) is 6.07 Å². The molecule has 0 atom stereocenters. The number of primary amides is 1. The summed E-state index contributed by atoms with van der Waals surface area (Å²) in [5.41, 5.74) is 6.83. The number of hydrogen-bond donors (Lipinski definition) is 1. The van der Waals surface area contributed by atoms with Gasteiger partial charge in [-0.1, -0.05) is 6.92 Å². The van der Waals surface area contributed by atoms with E-state index in [9.17, 15) is 4.79 Å². The molecule has 1 aliphatic carbocycles. The number of pyridine rings is 1. The maximum atomic E-state index is 11.4. The largest absolute Gasteiger partial charge is 0.480 e. The fourth-order valence-corrected chi connectivity index (χ4v) is 1.80. The molecule has 0 bridgehead atoms. The summed E-state index contributed by atoms with van der Waals surface area (Å²) in [6.45, 7) is 2.12. The van der Waals surface area contributed by atoms with Gasteiger partial charge in [-0.25, -0.2) is 4.98 Å². The first-order valence-corrected chi connectivity index (χ1v) is 4.92. The van der Waals surface area contributed by atoms with Crippen LogP contribution in [0.5, 0.6) is 5.88 Å². The Hall–Kier alpha value is -1.58. The Labute approximate surface area is 88.4 Å². The molecule has 1 aromatic heterocycles. The normalized spacial score (nSPS) is 17.2. The van der Waals surface area contributed by atoms with Gasteiger partial charge in [-0.3, -0.25) is 4.79 Å². The van der Waals surface area contributed by atoms with Crippen LogP contribution in [-0.2, 0) is 5.41 Å².